The molecule has 0 bridgehead atoms. The summed E-state index contributed by atoms with van der Waals surface area (Å²) in [6, 6.07) is 15.7. The molecule has 2 heterocycles. The first kappa shape index (κ1) is 17.9. The molecule has 2 aromatic carbocycles. The molecular weight excluding hydrogens is 372 g/mol. The minimum absolute atomic E-state index is 0.656. The van der Waals surface area contributed by atoms with Crippen molar-refractivity contribution in [3.05, 3.63) is 65.8 Å². The van der Waals surface area contributed by atoms with Crippen LogP contribution in [0.4, 0.5) is 5.82 Å². The Morgan fingerprint density at radius 2 is 1.89 bits per heavy atom. The van der Waals surface area contributed by atoms with Gasteiger partial charge in [-0.05, 0) is 23.8 Å². The van der Waals surface area contributed by atoms with Crippen molar-refractivity contribution in [2.75, 3.05) is 19.6 Å². The molecule has 6 nitrogen and oxygen atoms in total. The first-order valence-electron chi connectivity index (χ1n) is 8.59. The Morgan fingerprint density at radius 1 is 1.04 bits per heavy atom. The molecule has 4 rings (SSSR count). The summed E-state index contributed by atoms with van der Waals surface area (Å²) in [5, 5.41) is 7.41. The van der Waals surface area contributed by atoms with Crippen LogP contribution in [0.3, 0.4) is 0 Å². The Hall–Kier alpha value is -3.45. The Bertz CT molecular complexity index is 1130. The SMILES string of the molecule is COc1ccc(OC)c(/C=N/Nc2ncnc3scc(-c4ccccc4)c23)c1. The van der Waals surface area contributed by atoms with Gasteiger partial charge < -0.3 is 9.47 Å². The summed E-state index contributed by atoms with van der Waals surface area (Å²) in [5.41, 5.74) is 6.05. The van der Waals surface area contributed by atoms with Gasteiger partial charge in [0.25, 0.3) is 0 Å². The summed E-state index contributed by atoms with van der Waals surface area (Å²) < 4.78 is 10.7. The molecule has 0 spiro atoms. The Morgan fingerprint density at radius 3 is 2.68 bits per heavy atom. The number of nitrogens with one attached hydrogen (secondary N) is 1. The number of fused-ring (bicyclic) bond motifs is 1. The van der Waals surface area contributed by atoms with E-state index in [0.29, 0.717) is 11.6 Å². The summed E-state index contributed by atoms with van der Waals surface area (Å²) in [7, 11) is 3.25. The van der Waals surface area contributed by atoms with Crippen molar-refractivity contribution in [1.82, 2.24) is 9.97 Å². The first-order valence-corrected chi connectivity index (χ1v) is 9.47. The van der Waals surface area contributed by atoms with E-state index in [-0.39, 0.29) is 0 Å². The second-order valence-electron chi connectivity index (χ2n) is 5.90. The minimum Gasteiger partial charge on any atom is -0.497 e. The molecule has 4 aromatic rings. The van der Waals surface area contributed by atoms with Crippen LogP contribution in [0.5, 0.6) is 11.5 Å². The van der Waals surface area contributed by atoms with Gasteiger partial charge in [-0.2, -0.15) is 5.10 Å². The summed E-state index contributed by atoms with van der Waals surface area (Å²) >= 11 is 1.58. The smallest absolute Gasteiger partial charge is 0.159 e. The Labute approximate surface area is 166 Å². The molecule has 0 saturated carbocycles. The molecular formula is C21H18N4O2S. The van der Waals surface area contributed by atoms with Gasteiger partial charge in [-0.25, -0.2) is 9.97 Å². The van der Waals surface area contributed by atoms with E-state index in [1.165, 1.54) is 6.33 Å². The van der Waals surface area contributed by atoms with Crippen LogP contribution in [0.2, 0.25) is 0 Å². The van der Waals surface area contributed by atoms with Crippen LogP contribution in [0.1, 0.15) is 5.56 Å². The molecule has 0 unspecified atom stereocenters. The van der Waals surface area contributed by atoms with E-state index >= 15 is 0 Å². The van der Waals surface area contributed by atoms with Crippen LogP contribution in [-0.4, -0.2) is 30.4 Å². The van der Waals surface area contributed by atoms with Crippen LogP contribution >= 0.6 is 11.3 Å². The number of anilines is 1. The van der Waals surface area contributed by atoms with Crippen molar-refractivity contribution >= 4 is 33.6 Å². The standard InChI is InChI=1S/C21H18N4O2S/c1-26-16-8-9-18(27-2)15(10-16)11-24-25-20-19-17(14-6-4-3-5-7-14)12-28-21(19)23-13-22-20/h3-13H,1-2H3,(H,22,23,25)/b24-11+. The van der Waals surface area contributed by atoms with Gasteiger partial charge in [-0.15, -0.1) is 11.3 Å². The molecule has 28 heavy (non-hydrogen) atoms. The maximum absolute atomic E-state index is 5.38. The molecule has 0 aliphatic rings. The zero-order valence-electron chi connectivity index (χ0n) is 15.4. The number of nitrogens with zero attached hydrogens (tertiary/aromatic N) is 3. The van der Waals surface area contributed by atoms with Crippen LogP contribution in [0.25, 0.3) is 21.3 Å². The van der Waals surface area contributed by atoms with Crippen molar-refractivity contribution < 1.29 is 9.47 Å². The molecule has 1 N–H and O–H groups in total. The van der Waals surface area contributed by atoms with Crippen molar-refractivity contribution in [3.63, 3.8) is 0 Å². The van der Waals surface area contributed by atoms with Crippen LogP contribution in [-0.2, 0) is 0 Å². The van der Waals surface area contributed by atoms with Gasteiger partial charge in [0.2, 0.25) is 0 Å². The van der Waals surface area contributed by atoms with Gasteiger partial charge in [0.15, 0.2) is 5.82 Å². The third-order valence-corrected chi connectivity index (χ3v) is 5.15. The van der Waals surface area contributed by atoms with Gasteiger partial charge in [0.05, 0.1) is 25.8 Å². The molecule has 0 fully saturated rings. The normalized spacial score (nSPS) is 11.1. The maximum atomic E-state index is 5.38. The largest absolute Gasteiger partial charge is 0.497 e. The first-order chi connectivity index (χ1) is 13.8. The second-order valence-corrected chi connectivity index (χ2v) is 6.75. The summed E-state index contributed by atoms with van der Waals surface area (Å²) in [6.45, 7) is 0. The lowest BCUT2D eigenvalue weighted by atomic mass is 10.1. The topological polar surface area (TPSA) is 68.6 Å². The quantitative estimate of drug-likeness (QED) is 0.378. The van der Waals surface area contributed by atoms with Crippen molar-refractivity contribution in [2.45, 2.75) is 0 Å². The van der Waals surface area contributed by atoms with E-state index in [0.717, 1.165) is 32.7 Å². The van der Waals surface area contributed by atoms with Gasteiger partial charge in [-0.3, -0.25) is 5.43 Å². The highest BCUT2D eigenvalue weighted by Gasteiger charge is 2.12. The number of aromatic nitrogens is 2. The van der Waals surface area contributed by atoms with Gasteiger partial charge in [-0.1, -0.05) is 30.3 Å². The summed E-state index contributed by atoms with van der Waals surface area (Å²) in [6.07, 6.45) is 3.22. The molecule has 0 amide bonds. The molecule has 2 aromatic heterocycles. The number of thiophene rings is 1. The number of hydrogen-bond donors (Lipinski definition) is 1. The molecule has 0 radical (unpaired) electrons. The molecule has 0 atom stereocenters. The highest BCUT2D eigenvalue weighted by molar-refractivity contribution is 7.17. The summed E-state index contributed by atoms with van der Waals surface area (Å²) in [4.78, 5) is 9.68. The number of benzene rings is 2. The molecule has 0 saturated heterocycles. The second kappa shape index (κ2) is 8.06. The van der Waals surface area contributed by atoms with Crippen LogP contribution in [0, 0.1) is 0 Å². The fraction of sp³-hybridized carbons (Fsp3) is 0.0952. The number of hydrogen-bond acceptors (Lipinski definition) is 7. The Balaban J connectivity index is 1.68. The predicted octanol–water partition coefficient (Wildman–Crippen LogP) is 4.82. The van der Waals surface area contributed by atoms with E-state index < -0.39 is 0 Å². The van der Waals surface area contributed by atoms with Crippen LogP contribution in [0.15, 0.2) is 65.3 Å². The molecule has 140 valence electrons. The number of ether oxygens (including phenoxy) is 2. The van der Waals surface area contributed by atoms with Crippen molar-refractivity contribution in [3.8, 4) is 22.6 Å². The van der Waals surface area contributed by atoms with E-state index in [9.17, 15) is 0 Å². The van der Waals surface area contributed by atoms with E-state index in [1.54, 1.807) is 31.8 Å². The lowest BCUT2D eigenvalue weighted by Gasteiger charge is -2.07. The van der Waals surface area contributed by atoms with Crippen molar-refractivity contribution in [1.29, 1.82) is 0 Å². The van der Waals surface area contributed by atoms with Gasteiger partial charge in [0, 0.05) is 16.5 Å². The fourth-order valence-electron chi connectivity index (χ4n) is 2.89. The lowest BCUT2D eigenvalue weighted by molar-refractivity contribution is 0.402. The zero-order chi connectivity index (χ0) is 19.3. The highest BCUT2D eigenvalue weighted by atomic mass is 32.1. The van der Waals surface area contributed by atoms with Crippen molar-refractivity contribution in [2.24, 2.45) is 5.10 Å². The molecule has 0 aliphatic carbocycles. The zero-order valence-corrected chi connectivity index (χ0v) is 16.2. The average Bonchev–Trinajstić information content (AvgIpc) is 3.19. The van der Waals surface area contributed by atoms with E-state index in [1.807, 2.05) is 36.4 Å². The lowest BCUT2D eigenvalue weighted by Crippen LogP contribution is -1.97. The van der Waals surface area contributed by atoms with Gasteiger partial charge >= 0.3 is 0 Å². The monoisotopic (exact) mass is 390 g/mol. The van der Waals surface area contributed by atoms with Crippen LogP contribution < -0.4 is 14.9 Å². The predicted molar refractivity (Wildman–Crippen MR) is 114 cm³/mol. The average molecular weight is 390 g/mol. The number of hydrazone groups is 1. The Kier molecular flexibility index (Phi) is 5.16. The number of rotatable bonds is 6. The van der Waals surface area contributed by atoms with Gasteiger partial charge in [0.1, 0.15) is 22.7 Å². The summed E-state index contributed by atoms with van der Waals surface area (Å²) in [5.74, 6) is 2.10. The third kappa shape index (κ3) is 3.52. The molecule has 7 heteroatoms. The van der Waals surface area contributed by atoms with E-state index in [4.69, 9.17) is 9.47 Å². The number of methoxy groups -OCH3 is 2. The maximum Gasteiger partial charge on any atom is 0.159 e. The molecule has 0 aliphatic heterocycles. The minimum atomic E-state index is 0.656. The van der Waals surface area contributed by atoms with E-state index in [2.05, 4.69) is 38.0 Å². The highest BCUT2D eigenvalue weighted by Crippen LogP contribution is 2.36. The fourth-order valence-corrected chi connectivity index (χ4v) is 3.81. The third-order valence-electron chi connectivity index (χ3n) is 4.27.